The van der Waals surface area contributed by atoms with Crippen molar-refractivity contribution in [1.82, 2.24) is 4.90 Å². The maximum absolute atomic E-state index is 12.2. The number of nitrogens with zero attached hydrogens (tertiary/aromatic N) is 1. The van der Waals surface area contributed by atoms with Crippen molar-refractivity contribution < 1.29 is 9.53 Å². The number of ether oxygens (including phenoxy) is 1. The molecule has 1 saturated heterocycles. The van der Waals surface area contributed by atoms with Gasteiger partial charge in [0.2, 0.25) is 0 Å². The highest BCUT2D eigenvalue weighted by atomic mass is 32.1. The fraction of sp³-hybridized carbons (Fsp3) is 0.364. The first-order valence-corrected chi connectivity index (χ1v) is 9.83. The number of hydrogen-bond acceptors (Lipinski definition) is 3. The van der Waals surface area contributed by atoms with Crippen molar-refractivity contribution in [1.29, 1.82) is 0 Å². The summed E-state index contributed by atoms with van der Waals surface area (Å²) in [6.45, 7) is 6.01. The lowest BCUT2D eigenvalue weighted by Gasteiger charge is -2.29. The molecule has 0 spiro atoms. The van der Waals surface area contributed by atoms with Crippen LogP contribution in [0.3, 0.4) is 0 Å². The van der Waals surface area contributed by atoms with Crippen molar-refractivity contribution >= 4 is 28.8 Å². The van der Waals surface area contributed by atoms with Crippen LogP contribution in [0.4, 0.5) is 5.69 Å². The molecule has 1 fully saturated rings. The maximum Gasteiger partial charge on any atom is 0.262 e. The normalized spacial score (nSPS) is 13.9. The van der Waals surface area contributed by atoms with Crippen molar-refractivity contribution in [2.75, 3.05) is 25.0 Å². The molecule has 1 aliphatic rings. The minimum atomic E-state index is -0.166. The smallest absolute Gasteiger partial charge is 0.262 e. The average Bonchev–Trinajstić information content (AvgIpc) is 2.70. The van der Waals surface area contributed by atoms with Crippen LogP contribution in [-0.2, 0) is 4.79 Å². The minimum Gasteiger partial charge on any atom is -0.484 e. The van der Waals surface area contributed by atoms with Gasteiger partial charge in [0.15, 0.2) is 6.61 Å². The van der Waals surface area contributed by atoms with Gasteiger partial charge < -0.3 is 15.0 Å². The molecule has 0 radical (unpaired) electrons. The van der Waals surface area contributed by atoms with Crippen LogP contribution in [0.5, 0.6) is 5.75 Å². The molecule has 27 heavy (non-hydrogen) atoms. The van der Waals surface area contributed by atoms with Crippen LogP contribution in [0.2, 0.25) is 0 Å². The molecular weight excluding hydrogens is 356 g/mol. The van der Waals surface area contributed by atoms with Crippen molar-refractivity contribution in [2.24, 2.45) is 0 Å². The first-order valence-electron chi connectivity index (χ1n) is 9.43. The van der Waals surface area contributed by atoms with Gasteiger partial charge in [-0.15, -0.1) is 0 Å². The Morgan fingerprint density at radius 3 is 2.30 bits per heavy atom. The van der Waals surface area contributed by atoms with Gasteiger partial charge in [-0.05, 0) is 68.5 Å². The summed E-state index contributed by atoms with van der Waals surface area (Å²) in [5.74, 6) is 0.497. The summed E-state index contributed by atoms with van der Waals surface area (Å²) in [5.41, 5.74) is 3.96. The number of aryl methyl sites for hydroxylation is 2. The first-order chi connectivity index (χ1) is 13.0. The highest BCUT2D eigenvalue weighted by Gasteiger charge is 2.15. The van der Waals surface area contributed by atoms with Crippen molar-refractivity contribution in [3.8, 4) is 5.75 Å². The molecule has 0 aromatic heterocycles. The molecule has 1 N–H and O–H groups in total. The largest absolute Gasteiger partial charge is 0.484 e. The van der Waals surface area contributed by atoms with E-state index in [0.717, 1.165) is 40.5 Å². The van der Waals surface area contributed by atoms with Gasteiger partial charge in [-0.2, -0.15) is 0 Å². The number of carbonyl (C=O) groups is 1. The first kappa shape index (κ1) is 19.4. The fourth-order valence-electron chi connectivity index (χ4n) is 3.31. The van der Waals surface area contributed by atoms with Crippen LogP contribution in [0, 0.1) is 13.8 Å². The highest BCUT2D eigenvalue weighted by Crippen LogP contribution is 2.20. The summed E-state index contributed by atoms with van der Waals surface area (Å²) in [4.78, 5) is 15.4. The molecule has 3 rings (SSSR count). The summed E-state index contributed by atoms with van der Waals surface area (Å²) in [6.07, 6.45) is 3.70. The van der Waals surface area contributed by atoms with Gasteiger partial charge in [-0.1, -0.05) is 30.4 Å². The van der Waals surface area contributed by atoms with E-state index in [1.54, 1.807) is 0 Å². The van der Waals surface area contributed by atoms with E-state index in [-0.39, 0.29) is 12.5 Å². The second-order valence-corrected chi connectivity index (χ2v) is 7.37. The number of benzene rings is 2. The number of anilines is 1. The number of hydrogen-bond donors (Lipinski definition) is 1. The summed E-state index contributed by atoms with van der Waals surface area (Å²) >= 11 is 5.61. The molecule has 0 atom stereocenters. The minimum absolute atomic E-state index is 0.0241. The number of piperidine rings is 1. The lowest BCUT2D eigenvalue weighted by molar-refractivity contribution is -0.118. The van der Waals surface area contributed by atoms with Crippen LogP contribution in [0.25, 0.3) is 0 Å². The van der Waals surface area contributed by atoms with E-state index in [1.807, 2.05) is 56.3 Å². The number of nitrogens with one attached hydrogen (secondary N) is 1. The van der Waals surface area contributed by atoms with E-state index in [9.17, 15) is 4.79 Å². The van der Waals surface area contributed by atoms with Crippen LogP contribution in [0.1, 0.15) is 36.0 Å². The van der Waals surface area contributed by atoms with Gasteiger partial charge >= 0.3 is 0 Å². The second kappa shape index (κ2) is 9.00. The van der Waals surface area contributed by atoms with Gasteiger partial charge in [0, 0.05) is 24.3 Å². The topological polar surface area (TPSA) is 41.6 Å². The molecule has 0 unspecified atom stereocenters. The number of carbonyl (C=O) groups excluding carboxylic acids is 1. The van der Waals surface area contributed by atoms with E-state index in [2.05, 4.69) is 10.2 Å². The Balaban J connectivity index is 1.54. The highest BCUT2D eigenvalue weighted by molar-refractivity contribution is 7.80. The summed E-state index contributed by atoms with van der Waals surface area (Å²) in [6, 6.07) is 13.6. The predicted octanol–water partition coefficient (Wildman–Crippen LogP) is 4.48. The number of likely N-dealkylation sites (tertiary alicyclic amines) is 1. The molecule has 2 aromatic rings. The van der Waals surface area contributed by atoms with Crippen molar-refractivity contribution in [3.05, 3.63) is 59.2 Å². The van der Waals surface area contributed by atoms with Crippen molar-refractivity contribution in [3.63, 3.8) is 0 Å². The van der Waals surface area contributed by atoms with Crippen LogP contribution < -0.4 is 10.1 Å². The number of rotatable bonds is 5. The van der Waals surface area contributed by atoms with Gasteiger partial charge in [0.25, 0.3) is 5.91 Å². The lowest BCUT2D eigenvalue weighted by atomic mass is 10.1. The zero-order valence-electron chi connectivity index (χ0n) is 16.0. The Morgan fingerprint density at radius 1 is 1.04 bits per heavy atom. The third-order valence-corrected chi connectivity index (χ3v) is 5.35. The van der Waals surface area contributed by atoms with E-state index >= 15 is 0 Å². The maximum atomic E-state index is 12.2. The third-order valence-electron chi connectivity index (χ3n) is 4.86. The zero-order chi connectivity index (χ0) is 19.2. The van der Waals surface area contributed by atoms with Crippen LogP contribution in [0.15, 0.2) is 42.5 Å². The Hall–Kier alpha value is -2.40. The van der Waals surface area contributed by atoms with E-state index < -0.39 is 0 Å². The Bertz CT molecular complexity index is 791. The van der Waals surface area contributed by atoms with Gasteiger partial charge in [0.05, 0.1) is 0 Å². The van der Waals surface area contributed by atoms with Gasteiger partial charge in [0.1, 0.15) is 10.7 Å². The molecule has 1 heterocycles. The molecular formula is C22H26N2O2S. The predicted molar refractivity (Wildman–Crippen MR) is 114 cm³/mol. The fourth-order valence-corrected chi connectivity index (χ4v) is 3.63. The summed E-state index contributed by atoms with van der Waals surface area (Å²) in [5, 5.41) is 2.93. The Morgan fingerprint density at radius 2 is 1.67 bits per heavy atom. The molecule has 142 valence electrons. The lowest BCUT2D eigenvalue weighted by Crippen LogP contribution is -2.34. The van der Waals surface area contributed by atoms with Gasteiger partial charge in [-0.25, -0.2) is 0 Å². The number of para-hydroxylation sites is 1. The van der Waals surface area contributed by atoms with Crippen molar-refractivity contribution in [2.45, 2.75) is 33.1 Å². The van der Waals surface area contributed by atoms with E-state index in [0.29, 0.717) is 5.75 Å². The Labute approximate surface area is 166 Å². The quantitative estimate of drug-likeness (QED) is 0.774. The van der Waals surface area contributed by atoms with Crippen LogP contribution in [-0.4, -0.2) is 35.5 Å². The second-order valence-electron chi connectivity index (χ2n) is 6.98. The molecule has 0 bridgehead atoms. The molecule has 4 nitrogen and oxygen atoms in total. The summed E-state index contributed by atoms with van der Waals surface area (Å²) < 4.78 is 5.63. The van der Waals surface area contributed by atoms with Gasteiger partial charge in [-0.3, -0.25) is 4.79 Å². The standard InChI is InChI=1S/C22H26N2O2S/c1-16-7-6-8-17(2)21(16)23-20(25)15-26-19-11-9-18(10-12-19)22(27)24-13-4-3-5-14-24/h6-12H,3-5,13-15H2,1-2H3,(H,23,25). The van der Waals surface area contributed by atoms with E-state index in [1.165, 1.54) is 19.3 Å². The number of thiocarbonyl (C=S) groups is 1. The molecule has 1 amide bonds. The summed E-state index contributed by atoms with van der Waals surface area (Å²) in [7, 11) is 0. The molecule has 5 heteroatoms. The van der Waals surface area contributed by atoms with Crippen LogP contribution >= 0.6 is 12.2 Å². The molecule has 1 aliphatic heterocycles. The SMILES string of the molecule is Cc1cccc(C)c1NC(=O)COc1ccc(C(=S)N2CCCCC2)cc1. The van der Waals surface area contributed by atoms with E-state index in [4.69, 9.17) is 17.0 Å². The monoisotopic (exact) mass is 382 g/mol. The zero-order valence-corrected chi connectivity index (χ0v) is 16.8. The average molecular weight is 383 g/mol. The Kier molecular flexibility index (Phi) is 6.45. The third kappa shape index (κ3) is 5.07. The molecule has 0 aliphatic carbocycles. The number of amides is 1. The molecule has 0 saturated carbocycles. The molecule has 2 aromatic carbocycles.